The van der Waals surface area contributed by atoms with Crippen LogP contribution in [0.25, 0.3) is 0 Å². The Kier molecular flexibility index (Phi) is 6.77. The monoisotopic (exact) mass is 407 g/mol. The first kappa shape index (κ1) is 20.6. The number of nitrogens with zero attached hydrogens (tertiary/aromatic N) is 2. The van der Waals surface area contributed by atoms with E-state index >= 15 is 0 Å². The van der Waals surface area contributed by atoms with E-state index in [4.69, 9.17) is 4.74 Å². The van der Waals surface area contributed by atoms with E-state index < -0.39 is 0 Å². The molecule has 0 bridgehead atoms. The third kappa shape index (κ3) is 5.07. The zero-order chi connectivity index (χ0) is 20.8. The summed E-state index contributed by atoms with van der Waals surface area (Å²) in [4.78, 5) is 30.0. The Morgan fingerprint density at radius 2 is 1.57 bits per heavy atom. The van der Waals surface area contributed by atoms with Crippen molar-refractivity contribution in [2.45, 2.75) is 25.8 Å². The number of carbonyl (C=O) groups excluding carboxylic acids is 2. The van der Waals surface area contributed by atoms with Crippen LogP contribution in [-0.4, -0.2) is 61.0 Å². The van der Waals surface area contributed by atoms with E-state index in [1.54, 1.807) is 12.1 Å². The standard InChI is InChI=1S/C24H29N3O3/c28-23(20-10-8-19(9-11-20)18-26-14-16-30-17-15-26)25-22-7-3-2-6-21(22)24(29)27-12-4-1-5-13-27/h2-3,6-11H,1,4-5,12-18H2,(H,25,28). The minimum Gasteiger partial charge on any atom is -0.379 e. The van der Waals surface area contributed by atoms with Gasteiger partial charge in [-0.2, -0.15) is 0 Å². The van der Waals surface area contributed by atoms with Crippen molar-refractivity contribution in [3.05, 3.63) is 65.2 Å². The smallest absolute Gasteiger partial charge is 0.255 e. The second kappa shape index (κ2) is 9.87. The van der Waals surface area contributed by atoms with Crippen LogP contribution in [-0.2, 0) is 11.3 Å². The van der Waals surface area contributed by atoms with E-state index in [0.29, 0.717) is 16.8 Å². The minimum absolute atomic E-state index is 0.00791. The van der Waals surface area contributed by atoms with Crippen LogP contribution in [0.5, 0.6) is 0 Å². The number of amides is 2. The zero-order valence-corrected chi connectivity index (χ0v) is 17.3. The number of para-hydroxylation sites is 1. The van der Waals surface area contributed by atoms with Gasteiger partial charge in [-0.15, -0.1) is 0 Å². The average molecular weight is 408 g/mol. The summed E-state index contributed by atoms with van der Waals surface area (Å²) < 4.78 is 5.39. The molecule has 0 spiro atoms. The molecule has 2 fully saturated rings. The van der Waals surface area contributed by atoms with Crippen molar-refractivity contribution in [2.24, 2.45) is 0 Å². The SMILES string of the molecule is O=C(Nc1ccccc1C(=O)N1CCCCC1)c1ccc(CN2CCOCC2)cc1. The number of nitrogens with one attached hydrogen (secondary N) is 1. The van der Waals surface area contributed by atoms with Gasteiger partial charge in [0.1, 0.15) is 0 Å². The highest BCUT2D eigenvalue weighted by Crippen LogP contribution is 2.21. The summed E-state index contributed by atoms with van der Waals surface area (Å²) >= 11 is 0. The summed E-state index contributed by atoms with van der Waals surface area (Å²) in [5.74, 6) is -0.210. The fourth-order valence-electron chi connectivity index (χ4n) is 4.02. The Hall–Kier alpha value is -2.70. The Morgan fingerprint density at radius 3 is 2.30 bits per heavy atom. The van der Waals surface area contributed by atoms with Crippen molar-refractivity contribution >= 4 is 17.5 Å². The first-order chi connectivity index (χ1) is 14.7. The number of anilines is 1. The van der Waals surface area contributed by atoms with E-state index in [1.807, 2.05) is 41.3 Å². The second-order valence-corrected chi connectivity index (χ2v) is 7.94. The van der Waals surface area contributed by atoms with Crippen LogP contribution in [0.4, 0.5) is 5.69 Å². The molecule has 2 amide bonds. The van der Waals surface area contributed by atoms with Gasteiger partial charge in [-0.05, 0) is 49.1 Å². The highest BCUT2D eigenvalue weighted by Gasteiger charge is 2.21. The first-order valence-corrected chi connectivity index (χ1v) is 10.8. The molecule has 6 heteroatoms. The van der Waals surface area contributed by atoms with Gasteiger partial charge in [0.15, 0.2) is 0 Å². The average Bonchev–Trinajstić information content (AvgIpc) is 2.81. The van der Waals surface area contributed by atoms with Crippen molar-refractivity contribution in [3.63, 3.8) is 0 Å². The molecule has 2 aromatic carbocycles. The molecule has 0 aliphatic carbocycles. The molecular weight excluding hydrogens is 378 g/mol. The van der Waals surface area contributed by atoms with E-state index in [9.17, 15) is 9.59 Å². The third-order valence-corrected chi connectivity index (χ3v) is 5.77. The summed E-state index contributed by atoms with van der Waals surface area (Å²) in [6, 6.07) is 15.0. The van der Waals surface area contributed by atoms with Gasteiger partial charge in [-0.25, -0.2) is 0 Å². The molecule has 0 atom stereocenters. The van der Waals surface area contributed by atoms with Gasteiger partial charge >= 0.3 is 0 Å². The van der Waals surface area contributed by atoms with Crippen LogP contribution in [0.3, 0.4) is 0 Å². The maximum absolute atomic E-state index is 12.9. The topological polar surface area (TPSA) is 61.9 Å². The number of rotatable bonds is 5. The third-order valence-electron chi connectivity index (χ3n) is 5.77. The van der Waals surface area contributed by atoms with Gasteiger partial charge in [0.05, 0.1) is 24.5 Å². The predicted octanol–water partition coefficient (Wildman–Crippen LogP) is 3.40. The molecule has 0 aromatic heterocycles. The second-order valence-electron chi connectivity index (χ2n) is 7.94. The normalized spacial score (nSPS) is 17.5. The highest BCUT2D eigenvalue weighted by atomic mass is 16.5. The number of likely N-dealkylation sites (tertiary alicyclic amines) is 1. The van der Waals surface area contributed by atoms with Gasteiger partial charge in [0, 0.05) is 38.3 Å². The predicted molar refractivity (Wildman–Crippen MR) is 117 cm³/mol. The number of hydrogen-bond acceptors (Lipinski definition) is 4. The highest BCUT2D eigenvalue weighted by molar-refractivity contribution is 6.09. The summed E-state index contributed by atoms with van der Waals surface area (Å²) in [6.45, 7) is 5.84. The van der Waals surface area contributed by atoms with Gasteiger partial charge in [-0.1, -0.05) is 24.3 Å². The van der Waals surface area contributed by atoms with Crippen molar-refractivity contribution in [3.8, 4) is 0 Å². The maximum Gasteiger partial charge on any atom is 0.255 e. The Bertz CT molecular complexity index is 870. The number of hydrogen-bond donors (Lipinski definition) is 1. The summed E-state index contributed by atoms with van der Waals surface area (Å²) in [5, 5.41) is 2.93. The van der Waals surface area contributed by atoms with Gasteiger partial charge in [0.25, 0.3) is 11.8 Å². The molecule has 2 heterocycles. The van der Waals surface area contributed by atoms with Gasteiger partial charge in [0.2, 0.25) is 0 Å². The van der Waals surface area contributed by atoms with Crippen molar-refractivity contribution in [1.82, 2.24) is 9.80 Å². The van der Waals surface area contributed by atoms with E-state index in [-0.39, 0.29) is 11.8 Å². The number of carbonyl (C=O) groups is 2. The van der Waals surface area contributed by atoms with Crippen LogP contribution in [0.2, 0.25) is 0 Å². The molecule has 0 radical (unpaired) electrons. The molecule has 158 valence electrons. The number of benzene rings is 2. The lowest BCUT2D eigenvalue weighted by atomic mass is 10.1. The van der Waals surface area contributed by atoms with E-state index in [2.05, 4.69) is 10.2 Å². The summed E-state index contributed by atoms with van der Waals surface area (Å²) in [6.07, 6.45) is 3.25. The molecule has 0 saturated carbocycles. The molecule has 6 nitrogen and oxygen atoms in total. The lowest BCUT2D eigenvalue weighted by molar-refractivity contribution is 0.0342. The fourth-order valence-corrected chi connectivity index (χ4v) is 4.02. The van der Waals surface area contributed by atoms with Crippen LogP contribution in [0.15, 0.2) is 48.5 Å². The number of piperidine rings is 1. The first-order valence-electron chi connectivity index (χ1n) is 10.8. The van der Waals surface area contributed by atoms with Crippen LogP contribution in [0.1, 0.15) is 45.5 Å². The molecule has 2 aromatic rings. The minimum atomic E-state index is -0.202. The van der Waals surface area contributed by atoms with Crippen LogP contribution < -0.4 is 5.32 Å². The molecule has 0 unspecified atom stereocenters. The Labute approximate surface area is 177 Å². The lowest BCUT2D eigenvalue weighted by Crippen LogP contribution is -2.36. The Balaban J connectivity index is 1.41. The van der Waals surface area contributed by atoms with Crippen molar-refractivity contribution in [2.75, 3.05) is 44.7 Å². The van der Waals surface area contributed by atoms with E-state index in [1.165, 1.54) is 12.0 Å². The molecular formula is C24H29N3O3. The Morgan fingerprint density at radius 1 is 0.867 bits per heavy atom. The molecule has 1 N–H and O–H groups in total. The largest absolute Gasteiger partial charge is 0.379 e. The number of morpholine rings is 1. The molecule has 30 heavy (non-hydrogen) atoms. The summed E-state index contributed by atoms with van der Waals surface area (Å²) in [7, 11) is 0. The van der Waals surface area contributed by atoms with Crippen LogP contribution in [0, 0.1) is 0 Å². The zero-order valence-electron chi connectivity index (χ0n) is 17.3. The van der Waals surface area contributed by atoms with Crippen molar-refractivity contribution in [1.29, 1.82) is 0 Å². The van der Waals surface area contributed by atoms with Crippen molar-refractivity contribution < 1.29 is 14.3 Å². The molecule has 2 saturated heterocycles. The number of ether oxygens (including phenoxy) is 1. The van der Waals surface area contributed by atoms with E-state index in [0.717, 1.165) is 58.8 Å². The molecule has 4 rings (SSSR count). The lowest BCUT2D eigenvalue weighted by Gasteiger charge is -2.27. The quantitative estimate of drug-likeness (QED) is 0.825. The maximum atomic E-state index is 12.9. The molecule has 2 aliphatic rings. The fraction of sp³-hybridized carbons (Fsp3) is 0.417. The van der Waals surface area contributed by atoms with Gasteiger partial charge < -0.3 is 15.0 Å². The van der Waals surface area contributed by atoms with Crippen LogP contribution >= 0.6 is 0 Å². The molecule has 2 aliphatic heterocycles. The summed E-state index contributed by atoms with van der Waals surface area (Å²) in [5.41, 5.74) is 2.88. The van der Waals surface area contributed by atoms with Gasteiger partial charge in [-0.3, -0.25) is 14.5 Å².